The molecule has 0 aliphatic rings. The van der Waals surface area contributed by atoms with E-state index in [1.807, 2.05) is 42.5 Å². The van der Waals surface area contributed by atoms with Gasteiger partial charge in [0, 0.05) is 10.6 Å². The largest absolute Gasteiger partial charge is 0.493 e. The fourth-order valence-electron chi connectivity index (χ4n) is 2.65. The van der Waals surface area contributed by atoms with E-state index in [4.69, 9.17) is 16.3 Å². The first kappa shape index (κ1) is 18.7. The van der Waals surface area contributed by atoms with Crippen LogP contribution in [0.2, 0.25) is 5.02 Å². The molecular weight excluding hydrogens is 394 g/mol. The highest BCUT2D eigenvalue weighted by Gasteiger charge is 2.12. The summed E-state index contributed by atoms with van der Waals surface area (Å²) in [7, 11) is 0. The molecule has 0 aliphatic carbocycles. The molecule has 0 unspecified atom stereocenters. The summed E-state index contributed by atoms with van der Waals surface area (Å²) in [5.74, 6) is 1.79. The molecule has 0 aliphatic heterocycles. The number of ether oxygens (including phenoxy) is 1. The third kappa shape index (κ3) is 3.79. The molecule has 0 fully saturated rings. The molecule has 28 heavy (non-hydrogen) atoms. The Balaban J connectivity index is 1.65. The van der Waals surface area contributed by atoms with Crippen LogP contribution in [0.3, 0.4) is 0 Å². The molecule has 2 heterocycles. The van der Waals surface area contributed by atoms with E-state index in [-0.39, 0.29) is 5.56 Å². The predicted molar refractivity (Wildman–Crippen MR) is 113 cm³/mol. The van der Waals surface area contributed by atoms with Gasteiger partial charge in [-0.15, -0.1) is 5.10 Å². The number of fused-ring (bicyclic) bond motifs is 1. The molecule has 7 heteroatoms. The minimum atomic E-state index is -0.199. The van der Waals surface area contributed by atoms with Crippen molar-refractivity contribution >= 4 is 34.0 Å². The minimum absolute atomic E-state index is 0.199. The summed E-state index contributed by atoms with van der Waals surface area (Å²) in [4.78, 5) is 17.7. The van der Waals surface area contributed by atoms with Crippen molar-refractivity contribution < 1.29 is 4.74 Å². The number of hydrogen-bond acceptors (Lipinski definition) is 5. The van der Waals surface area contributed by atoms with Gasteiger partial charge in [0.25, 0.3) is 5.56 Å². The molecule has 0 spiro atoms. The summed E-state index contributed by atoms with van der Waals surface area (Å²) >= 11 is 7.48. The van der Waals surface area contributed by atoms with Gasteiger partial charge in [-0.2, -0.15) is 9.50 Å². The van der Waals surface area contributed by atoms with Crippen molar-refractivity contribution in [1.82, 2.24) is 14.6 Å². The first-order chi connectivity index (χ1) is 13.5. The second-order valence-corrected chi connectivity index (χ2v) is 8.21. The summed E-state index contributed by atoms with van der Waals surface area (Å²) in [5, 5.41) is 4.98. The predicted octanol–water partition coefficient (Wildman–Crippen LogP) is 4.05. The van der Waals surface area contributed by atoms with Gasteiger partial charge < -0.3 is 4.74 Å². The first-order valence-corrected chi connectivity index (χ1v) is 10.1. The van der Waals surface area contributed by atoms with Gasteiger partial charge in [0.15, 0.2) is 5.82 Å². The molecule has 0 saturated carbocycles. The lowest BCUT2D eigenvalue weighted by Gasteiger charge is -2.08. The molecule has 4 aromatic rings. The second kappa shape index (κ2) is 7.73. The Labute approximate surface area is 170 Å². The molecule has 5 nitrogen and oxygen atoms in total. The maximum atomic E-state index is 12.7. The molecule has 0 bridgehead atoms. The van der Waals surface area contributed by atoms with Crippen LogP contribution in [-0.4, -0.2) is 21.2 Å². The molecule has 2 aromatic heterocycles. The first-order valence-electron chi connectivity index (χ1n) is 8.90. The molecular formula is C21H18ClN3O2S. The van der Waals surface area contributed by atoms with Gasteiger partial charge in [0.1, 0.15) is 5.75 Å². The average Bonchev–Trinajstić information content (AvgIpc) is 3.22. The highest BCUT2D eigenvalue weighted by Crippen LogP contribution is 2.21. The topological polar surface area (TPSA) is 56.5 Å². The summed E-state index contributed by atoms with van der Waals surface area (Å²) < 4.78 is 7.58. The molecule has 142 valence electrons. The SMILES string of the molecule is CC(C)COc1ccc(-c2nc3s/c(=C\c4ccccc4Cl)c(=O)n3n2)cc1. The number of rotatable bonds is 5. The third-order valence-electron chi connectivity index (χ3n) is 4.07. The molecule has 0 saturated heterocycles. The van der Waals surface area contributed by atoms with E-state index in [0.29, 0.717) is 32.9 Å². The van der Waals surface area contributed by atoms with Crippen molar-refractivity contribution in [3.63, 3.8) is 0 Å². The van der Waals surface area contributed by atoms with E-state index in [2.05, 4.69) is 23.9 Å². The fraction of sp³-hybridized carbons (Fsp3) is 0.190. The van der Waals surface area contributed by atoms with Gasteiger partial charge in [-0.3, -0.25) is 4.79 Å². The Kier molecular flexibility index (Phi) is 5.15. The minimum Gasteiger partial charge on any atom is -0.493 e. The van der Waals surface area contributed by atoms with Crippen molar-refractivity contribution in [3.8, 4) is 17.1 Å². The van der Waals surface area contributed by atoms with Crippen LogP contribution in [-0.2, 0) is 0 Å². The van der Waals surface area contributed by atoms with Gasteiger partial charge in [0.2, 0.25) is 4.96 Å². The van der Waals surface area contributed by atoms with Crippen LogP contribution >= 0.6 is 22.9 Å². The van der Waals surface area contributed by atoms with Gasteiger partial charge in [-0.05, 0) is 47.9 Å². The number of benzene rings is 2. The van der Waals surface area contributed by atoms with Gasteiger partial charge >= 0.3 is 0 Å². The quantitative estimate of drug-likeness (QED) is 0.497. The maximum absolute atomic E-state index is 12.7. The van der Waals surface area contributed by atoms with Gasteiger partial charge in [-0.1, -0.05) is 55.0 Å². The Hall–Kier alpha value is -2.70. The lowest BCUT2D eigenvalue weighted by molar-refractivity contribution is 0.271. The number of aromatic nitrogens is 3. The summed E-state index contributed by atoms with van der Waals surface area (Å²) in [6.07, 6.45) is 1.77. The molecule has 0 atom stereocenters. The Bertz CT molecular complexity index is 1230. The van der Waals surface area contributed by atoms with Crippen LogP contribution in [0.25, 0.3) is 22.4 Å². The van der Waals surface area contributed by atoms with Crippen molar-refractivity contribution in [1.29, 1.82) is 0 Å². The highest BCUT2D eigenvalue weighted by molar-refractivity contribution is 7.15. The Morgan fingerprint density at radius 3 is 2.61 bits per heavy atom. The summed E-state index contributed by atoms with van der Waals surface area (Å²) in [5.41, 5.74) is 1.43. The van der Waals surface area contributed by atoms with E-state index in [9.17, 15) is 4.79 Å². The van der Waals surface area contributed by atoms with Crippen molar-refractivity contribution in [2.24, 2.45) is 5.92 Å². The zero-order chi connectivity index (χ0) is 19.7. The van der Waals surface area contributed by atoms with Crippen LogP contribution in [0.5, 0.6) is 5.75 Å². The van der Waals surface area contributed by atoms with Gasteiger partial charge in [0.05, 0.1) is 11.1 Å². The monoisotopic (exact) mass is 411 g/mol. The van der Waals surface area contributed by atoms with Crippen LogP contribution in [0.4, 0.5) is 0 Å². The number of nitrogens with zero attached hydrogens (tertiary/aromatic N) is 3. The fourth-order valence-corrected chi connectivity index (χ4v) is 3.74. The lowest BCUT2D eigenvalue weighted by atomic mass is 10.2. The zero-order valence-electron chi connectivity index (χ0n) is 15.4. The summed E-state index contributed by atoms with van der Waals surface area (Å²) in [6, 6.07) is 15.0. The van der Waals surface area contributed by atoms with Gasteiger partial charge in [-0.25, -0.2) is 0 Å². The van der Waals surface area contributed by atoms with E-state index in [1.54, 1.807) is 12.1 Å². The Morgan fingerprint density at radius 2 is 1.93 bits per heavy atom. The summed E-state index contributed by atoms with van der Waals surface area (Å²) in [6.45, 7) is 4.88. The molecule has 0 N–H and O–H groups in total. The van der Waals surface area contributed by atoms with Crippen LogP contribution in [0.1, 0.15) is 19.4 Å². The van der Waals surface area contributed by atoms with E-state index in [0.717, 1.165) is 16.9 Å². The Morgan fingerprint density at radius 1 is 1.18 bits per heavy atom. The van der Waals surface area contributed by atoms with E-state index in [1.165, 1.54) is 15.9 Å². The van der Waals surface area contributed by atoms with Crippen molar-refractivity contribution in [3.05, 3.63) is 74.0 Å². The number of hydrogen-bond donors (Lipinski definition) is 0. The van der Waals surface area contributed by atoms with Crippen molar-refractivity contribution in [2.45, 2.75) is 13.8 Å². The second-order valence-electron chi connectivity index (χ2n) is 6.80. The zero-order valence-corrected chi connectivity index (χ0v) is 17.0. The molecule has 2 aromatic carbocycles. The maximum Gasteiger partial charge on any atom is 0.291 e. The van der Waals surface area contributed by atoms with Crippen LogP contribution in [0.15, 0.2) is 53.3 Å². The van der Waals surface area contributed by atoms with Crippen molar-refractivity contribution in [2.75, 3.05) is 6.61 Å². The number of thiazole rings is 1. The smallest absolute Gasteiger partial charge is 0.291 e. The van der Waals surface area contributed by atoms with Crippen LogP contribution in [0, 0.1) is 5.92 Å². The lowest BCUT2D eigenvalue weighted by Crippen LogP contribution is -2.23. The molecule has 0 radical (unpaired) electrons. The average molecular weight is 412 g/mol. The van der Waals surface area contributed by atoms with E-state index < -0.39 is 0 Å². The highest BCUT2D eigenvalue weighted by atomic mass is 35.5. The van der Waals surface area contributed by atoms with E-state index >= 15 is 0 Å². The van der Waals surface area contributed by atoms with Crippen LogP contribution < -0.4 is 14.8 Å². The normalized spacial score (nSPS) is 12.2. The number of halogens is 1. The molecule has 0 amide bonds. The molecule has 4 rings (SSSR count). The standard InChI is InChI=1S/C21H18ClN3O2S/c1-13(2)12-27-16-9-7-14(8-10-16)19-23-21-25(24-19)20(26)18(28-21)11-15-5-3-4-6-17(15)22/h3-11,13H,12H2,1-2H3/b18-11-. The third-order valence-corrected chi connectivity index (χ3v) is 5.37.